The average molecular weight is 477 g/mol. The SMILES string of the molecule is CCCCCCCCCCc1ccc(-c2ccc(-c3ccc(CCCCC)cc3)c(F)c2F)cc1. The lowest BCUT2D eigenvalue weighted by Gasteiger charge is -2.11. The van der Waals surface area contributed by atoms with E-state index in [1.807, 2.05) is 36.4 Å². The molecule has 0 radical (unpaired) electrons. The molecule has 3 aromatic carbocycles. The molecular weight excluding hydrogens is 434 g/mol. The summed E-state index contributed by atoms with van der Waals surface area (Å²) >= 11 is 0. The molecule has 35 heavy (non-hydrogen) atoms. The first-order valence-electron chi connectivity index (χ1n) is 13.8. The van der Waals surface area contributed by atoms with Gasteiger partial charge >= 0.3 is 0 Å². The van der Waals surface area contributed by atoms with Crippen molar-refractivity contribution in [2.75, 3.05) is 0 Å². The lowest BCUT2D eigenvalue weighted by molar-refractivity contribution is 0.514. The third-order valence-electron chi connectivity index (χ3n) is 7.00. The van der Waals surface area contributed by atoms with E-state index in [0.29, 0.717) is 16.7 Å². The van der Waals surface area contributed by atoms with Gasteiger partial charge in [0.2, 0.25) is 0 Å². The van der Waals surface area contributed by atoms with Gasteiger partial charge in [0.25, 0.3) is 0 Å². The van der Waals surface area contributed by atoms with Gasteiger partial charge in [-0.15, -0.1) is 0 Å². The number of hydrogen-bond donors (Lipinski definition) is 0. The Kier molecular flexibility index (Phi) is 11.5. The van der Waals surface area contributed by atoms with Crippen LogP contribution >= 0.6 is 0 Å². The quantitative estimate of drug-likeness (QED) is 0.191. The van der Waals surface area contributed by atoms with E-state index in [-0.39, 0.29) is 0 Å². The van der Waals surface area contributed by atoms with Crippen LogP contribution in [0.4, 0.5) is 8.78 Å². The molecule has 2 heteroatoms. The van der Waals surface area contributed by atoms with Crippen LogP contribution in [0.15, 0.2) is 60.7 Å². The topological polar surface area (TPSA) is 0 Å². The van der Waals surface area contributed by atoms with Crippen molar-refractivity contribution in [2.45, 2.75) is 97.3 Å². The zero-order chi connectivity index (χ0) is 24.9. The number of aryl methyl sites for hydroxylation is 2. The Morgan fingerprint density at radius 2 is 0.771 bits per heavy atom. The van der Waals surface area contributed by atoms with Crippen LogP contribution in [0.1, 0.15) is 95.6 Å². The van der Waals surface area contributed by atoms with E-state index in [2.05, 4.69) is 26.0 Å². The molecular formula is C33H42F2. The molecule has 0 atom stereocenters. The summed E-state index contributed by atoms with van der Waals surface area (Å²) in [5.74, 6) is -1.55. The zero-order valence-corrected chi connectivity index (χ0v) is 21.7. The van der Waals surface area contributed by atoms with E-state index in [1.54, 1.807) is 12.1 Å². The minimum atomic E-state index is -0.774. The summed E-state index contributed by atoms with van der Waals surface area (Å²) < 4.78 is 30.1. The Morgan fingerprint density at radius 1 is 0.429 bits per heavy atom. The molecule has 0 saturated carbocycles. The van der Waals surface area contributed by atoms with Gasteiger partial charge in [-0.2, -0.15) is 0 Å². The van der Waals surface area contributed by atoms with E-state index < -0.39 is 11.6 Å². The number of hydrogen-bond acceptors (Lipinski definition) is 0. The first kappa shape index (κ1) is 27.1. The highest BCUT2D eigenvalue weighted by Crippen LogP contribution is 2.32. The van der Waals surface area contributed by atoms with Crippen molar-refractivity contribution in [1.82, 2.24) is 0 Å². The smallest absolute Gasteiger partial charge is 0.167 e. The standard InChI is InChI=1S/C33H42F2/c1-3-5-7-8-9-10-11-13-15-27-18-22-29(23-19-27)31-25-24-30(32(34)33(31)35)28-20-16-26(17-21-28)14-12-6-4-2/h16-25H,3-15H2,1-2H3. The van der Waals surface area contributed by atoms with E-state index in [0.717, 1.165) is 24.8 Å². The Morgan fingerprint density at radius 3 is 1.20 bits per heavy atom. The number of halogens is 2. The van der Waals surface area contributed by atoms with Crippen LogP contribution < -0.4 is 0 Å². The Hall–Kier alpha value is -2.48. The molecule has 0 aliphatic rings. The van der Waals surface area contributed by atoms with Gasteiger partial charge in [0, 0.05) is 11.1 Å². The second kappa shape index (κ2) is 14.8. The molecule has 0 spiro atoms. The molecule has 188 valence electrons. The van der Waals surface area contributed by atoms with Crippen LogP contribution in [-0.2, 0) is 12.8 Å². The number of benzene rings is 3. The second-order valence-electron chi connectivity index (χ2n) is 9.86. The Bertz CT molecular complexity index is 1000. The van der Waals surface area contributed by atoms with Crippen LogP contribution in [0.5, 0.6) is 0 Å². The van der Waals surface area contributed by atoms with Crippen molar-refractivity contribution >= 4 is 0 Å². The molecule has 0 nitrogen and oxygen atoms in total. The molecule has 0 heterocycles. The van der Waals surface area contributed by atoms with Crippen LogP contribution in [0.25, 0.3) is 22.3 Å². The number of rotatable bonds is 15. The predicted octanol–water partition coefficient (Wildman–Crippen LogP) is 10.7. The number of unbranched alkanes of at least 4 members (excludes halogenated alkanes) is 9. The van der Waals surface area contributed by atoms with Crippen LogP contribution in [0.3, 0.4) is 0 Å². The van der Waals surface area contributed by atoms with Crippen LogP contribution in [0, 0.1) is 11.6 Å². The minimum absolute atomic E-state index is 0.317. The van der Waals surface area contributed by atoms with Crippen LogP contribution in [-0.4, -0.2) is 0 Å². The summed E-state index contributed by atoms with van der Waals surface area (Å²) in [5.41, 5.74) is 4.58. The van der Waals surface area contributed by atoms with Crippen molar-refractivity contribution in [1.29, 1.82) is 0 Å². The minimum Gasteiger partial charge on any atom is -0.203 e. The first-order chi connectivity index (χ1) is 17.1. The highest BCUT2D eigenvalue weighted by atomic mass is 19.2. The normalized spacial score (nSPS) is 11.2. The second-order valence-corrected chi connectivity index (χ2v) is 9.86. The maximum absolute atomic E-state index is 15.0. The van der Waals surface area contributed by atoms with E-state index >= 15 is 8.78 Å². The van der Waals surface area contributed by atoms with Gasteiger partial charge in [0.15, 0.2) is 11.6 Å². The van der Waals surface area contributed by atoms with Crippen molar-refractivity contribution in [3.8, 4) is 22.3 Å². The molecule has 3 aromatic rings. The maximum atomic E-state index is 15.0. The van der Waals surface area contributed by atoms with Gasteiger partial charge in [-0.1, -0.05) is 132 Å². The van der Waals surface area contributed by atoms with Gasteiger partial charge in [-0.3, -0.25) is 0 Å². The molecule has 0 aromatic heterocycles. The maximum Gasteiger partial charge on any atom is 0.167 e. The van der Waals surface area contributed by atoms with Crippen LogP contribution in [0.2, 0.25) is 0 Å². The fraction of sp³-hybridized carbons (Fsp3) is 0.455. The molecule has 0 aliphatic heterocycles. The molecule has 3 rings (SSSR count). The lowest BCUT2D eigenvalue weighted by Crippen LogP contribution is -1.95. The average Bonchev–Trinajstić information content (AvgIpc) is 2.88. The van der Waals surface area contributed by atoms with Gasteiger partial charge in [-0.05, 0) is 47.9 Å². The van der Waals surface area contributed by atoms with Crippen molar-refractivity contribution in [3.05, 3.63) is 83.4 Å². The van der Waals surface area contributed by atoms with E-state index in [9.17, 15) is 0 Å². The molecule has 0 amide bonds. The van der Waals surface area contributed by atoms with Gasteiger partial charge < -0.3 is 0 Å². The van der Waals surface area contributed by atoms with Crippen molar-refractivity contribution in [3.63, 3.8) is 0 Å². The molecule has 0 bridgehead atoms. The van der Waals surface area contributed by atoms with Gasteiger partial charge in [-0.25, -0.2) is 8.78 Å². The van der Waals surface area contributed by atoms with Gasteiger partial charge in [0.1, 0.15) is 0 Å². The predicted molar refractivity (Wildman–Crippen MR) is 147 cm³/mol. The third kappa shape index (κ3) is 8.30. The zero-order valence-electron chi connectivity index (χ0n) is 21.7. The highest BCUT2D eigenvalue weighted by molar-refractivity contribution is 5.72. The fourth-order valence-electron chi connectivity index (χ4n) is 4.74. The molecule has 0 fully saturated rings. The monoisotopic (exact) mass is 476 g/mol. The summed E-state index contributed by atoms with van der Waals surface area (Å²) in [6.07, 6.45) is 16.1. The summed E-state index contributed by atoms with van der Waals surface area (Å²) in [4.78, 5) is 0. The Labute approximate surface area is 211 Å². The third-order valence-corrected chi connectivity index (χ3v) is 7.00. The highest BCUT2D eigenvalue weighted by Gasteiger charge is 2.16. The molecule has 0 N–H and O–H groups in total. The first-order valence-corrected chi connectivity index (χ1v) is 13.8. The lowest BCUT2D eigenvalue weighted by atomic mass is 9.96. The van der Waals surface area contributed by atoms with Crippen molar-refractivity contribution < 1.29 is 8.78 Å². The summed E-state index contributed by atoms with van der Waals surface area (Å²) in [5, 5.41) is 0. The van der Waals surface area contributed by atoms with Gasteiger partial charge in [0.05, 0.1) is 0 Å². The summed E-state index contributed by atoms with van der Waals surface area (Å²) in [6.45, 7) is 4.44. The van der Waals surface area contributed by atoms with Crippen molar-refractivity contribution in [2.24, 2.45) is 0 Å². The fourth-order valence-corrected chi connectivity index (χ4v) is 4.74. The summed E-state index contributed by atoms with van der Waals surface area (Å²) in [6, 6.07) is 19.2. The summed E-state index contributed by atoms with van der Waals surface area (Å²) in [7, 11) is 0. The molecule has 0 saturated heterocycles. The molecule has 0 aliphatic carbocycles. The van der Waals surface area contributed by atoms with E-state index in [1.165, 1.54) is 75.3 Å². The largest absolute Gasteiger partial charge is 0.203 e. The van der Waals surface area contributed by atoms with E-state index in [4.69, 9.17) is 0 Å². The Balaban J connectivity index is 1.57. The molecule has 0 unspecified atom stereocenters.